The van der Waals surface area contributed by atoms with Crippen LogP contribution in [0.4, 0.5) is 20.2 Å². The Bertz CT molecular complexity index is 553. The van der Waals surface area contributed by atoms with Gasteiger partial charge >= 0.3 is 0 Å². The Labute approximate surface area is 111 Å². The second-order valence-electron chi connectivity index (χ2n) is 4.16. The van der Waals surface area contributed by atoms with Crippen LogP contribution in [0.3, 0.4) is 0 Å². The van der Waals surface area contributed by atoms with E-state index in [2.05, 4.69) is 0 Å². The fourth-order valence-corrected chi connectivity index (χ4v) is 2.12. The van der Waals surface area contributed by atoms with Crippen molar-refractivity contribution in [2.24, 2.45) is 5.73 Å². The normalized spacial score (nSPS) is 10.5. The van der Waals surface area contributed by atoms with Crippen molar-refractivity contribution in [2.75, 3.05) is 11.4 Å². The zero-order valence-electron chi connectivity index (χ0n) is 10.7. The van der Waals surface area contributed by atoms with Crippen molar-refractivity contribution in [1.29, 1.82) is 0 Å². The van der Waals surface area contributed by atoms with Crippen LogP contribution in [0, 0.1) is 11.6 Å². The van der Waals surface area contributed by atoms with E-state index >= 15 is 0 Å². The Kier molecular flexibility index (Phi) is 4.12. The fraction of sp³-hybridized carbons (Fsp3) is 0.200. The van der Waals surface area contributed by atoms with E-state index in [0.29, 0.717) is 12.1 Å². The molecule has 0 amide bonds. The third kappa shape index (κ3) is 2.74. The molecule has 2 aromatic rings. The lowest BCUT2D eigenvalue weighted by molar-refractivity contribution is 0.610. The lowest BCUT2D eigenvalue weighted by atomic mass is 10.1. The Balaban J connectivity index is 2.48. The van der Waals surface area contributed by atoms with Gasteiger partial charge < -0.3 is 10.6 Å². The molecule has 0 heterocycles. The van der Waals surface area contributed by atoms with E-state index in [1.54, 1.807) is 18.2 Å². The molecule has 0 aliphatic carbocycles. The molecule has 0 saturated carbocycles. The molecule has 2 aromatic carbocycles. The molecule has 0 saturated heterocycles. The molecule has 2 nitrogen and oxygen atoms in total. The molecule has 0 fully saturated rings. The summed E-state index contributed by atoms with van der Waals surface area (Å²) in [6.07, 6.45) is 0. The summed E-state index contributed by atoms with van der Waals surface area (Å²) in [7, 11) is 0. The summed E-state index contributed by atoms with van der Waals surface area (Å²) in [4.78, 5) is 1.91. The molecular formula is C15H16F2N2. The van der Waals surface area contributed by atoms with E-state index in [-0.39, 0.29) is 18.2 Å². The van der Waals surface area contributed by atoms with Gasteiger partial charge in [-0.25, -0.2) is 8.78 Å². The number of nitrogens with two attached hydrogens (primary N) is 1. The minimum Gasteiger partial charge on any atom is -0.341 e. The molecule has 0 radical (unpaired) electrons. The minimum absolute atomic E-state index is 0.125. The Morgan fingerprint density at radius 3 is 2.32 bits per heavy atom. The summed E-state index contributed by atoms with van der Waals surface area (Å²) in [5.41, 5.74) is 7.61. The van der Waals surface area contributed by atoms with Crippen molar-refractivity contribution in [3.63, 3.8) is 0 Å². The maximum Gasteiger partial charge on any atom is 0.129 e. The molecule has 19 heavy (non-hydrogen) atoms. The van der Waals surface area contributed by atoms with Gasteiger partial charge in [-0.1, -0.05) is 6.07 Å². The van der Waals surface area contributed by atoms with E-state index in [1.165, 1.54) is 18.2 Å². The predicted molar refractivity (Wildman–Crippen MR) is 73.4 cm³/mol. The Morgan fingerprint density at radius 1 is 1.05 bits per heavy atom. The third-order valence-electron chi connectivity index (χ3n) is 3.04. The molecular weight excluding hydrogens is 246 g/mol. The summed E-state index contributed by atoms with van der Waals surface area (Å²) < 4.78 is 26.7. The van der Waals surface area contributed by atoms with Crippen molar-refractivity contribution in [3.8, 4) is 0 Å². The Hall–Kier alpha value is -1.94. The average molecular weight is 262 g/mol. The molecule has 0 aliphatic heterocycles. The number of benzene rings is 2. The molecule has 2 N–H and O–H groups in total. The van der Waals surface area contributed by atoms with Crippen molar-refractivity contribution in [2.45, 2.75) is 13.5 Å². The number of hydrogen-bond acceptors (Lipinski definition) is 2. The topological polar surface area (TPSA) is 29.3 Å². The predicted octanol–water partition coefficient (Wildman–Crippen LogP) is 3.58. The van der Waals surface area contributed by atoms with Gasteiger partial charge in [-0.05, 0) is 43.3 Å². The van der Waals surface area contributed by atoms with Crippen LogP contribution in [0.25, 0.3) is 0 Å². The molecule has 0 aromatic heterocycles. The van der Waals surface area contributed by atoms with Crippen LogP contribution in [0.1, 0.15) is 12.5 Å². The van der Waals surface area contributed by atoms with Crippen molar-refractivity contribution in [1.82, 2.24) is 0 Å². The lowest BCUT2D eigenvalue weighted by Crippen LogP contribution is -2.19. The van der Waals surface area contributed by atoms with Crippen LogP contribution in [-0.4, -0.2) is 6.54 Å². The number of halogens is 2. The quantitative estimate of drug-likeness (QED) is 0.912. The van der Waals surface area contributed by atoms with Gasteiger partial charge in [0.05, 0.1) is 0 Å². The van der Waals surface area contributed by atoms with E-state index in [1.807, 2.05) is 17.9 Å². The number of nitrogens with zero attached hydrogens (tertiary/aromatic N) is 1. The van der Waals surface area contributed by atoms with Crippen molar-refractivity contribution >= 4 is 11.4 Å². The van der Waals surface area contributed by atoms with E-state index in [0.717, 1.165) is 11.4 Å². The second kappa shape index (κ2) is 5.80. The Morgan fingerprint density at radius 2 is 1.74 bits per heavy atom. The average Bonchev–Trinajstić information content (AvgIpc) is 2.42. The second-order valence-corrected chi connectivity index (χ2v) is 4.16. The van der Waals surface area contributed by atoms with Crippen LogP contribution >= 0.6 is 0 Å². The molecule has 0 atom stereocenters. The molecule has 0 unspecified atom stereocenters. The first-order valence-corrected chi connectivity index (χ1v) is 6.18. The zero-order chi connectivity index (χ0) is 13.8. The van der Waals surface area contributed by atoms with Crippen LogP contribution < -0.4 is 10.6 Å². The highest BCUT2D eigenvalue weighted by Gasteiger charge is 2.14. The van der Waals surface area contributed by atoms with E-state index in [4.69, 9.17) is 5.73 Å². The standard InChI is InChI=1S/C15H16F2N2/c1-2-19(12-8-6-11(16)7-9-12)15-5-3-4-14(17)13(15)10-18/h3-9H,2,10,18H2,1H3. The van der Waals surface area contributed by atoms with Gasteiger partial charge in [0, 0.05) is 30.0 Å². The van der Waals surface area contributed by atoms with Crippen molar-refractivity contribution in [3.05, 3.63) is 59.7 Å². The number of rotatable bonds is 4. The van der Waals surface area contributed by atoms with Gasteiger partial charge in [0.15, 0.2) is 0 Å². The SMILES string of the molecule is CCN(c1ccc(F)cc1)c1cccc(F)c1CN. The van der Waals surface area contributed by atoms with Gasteiger partial charge in [0.2, 0.25) is 0 Å². The van der Waals surface area contributed by atoms with Crippen LogP contribution in [0.5, 0.6) is 0 Å². The number of anilines is 2. The first-order valence-electron chi connectivity index (χ1n) is 6.18. The smallest absolute Gasteiger partial charge is 0.129 e. The number of hydrogen-bond donors (Lipinski definition) is 1. The van der Waals surface area contributed by atoms with Crippen LogP contribution in [0.2, 0.25) is 0 Å². The minimum atomic E-state index is -0.319. The van der Waals surface area contributed by atoms with Gasteiger partial charge in [-0.2, -0.15) is 0 Å². The zero-order valence-corrected chi connectivity index (χ0v) is 10.7. The highest BCUT2D eigenvalue weighted by molar-refractivity contribution is 5.66. The summed E-state index contributed by atoms with van der Waals surface area (Å²) in [6, 6.07) is 11.0. The van der Waals surface area contributed by atoms with Gasteiger partial charge in [0.1, 0.15) is 11.6 Å². The lowest BCUT2D eigenvalue weighted by Gasteiger charge is -2.25. The molecule has 0 spiro atoms. The molecule has 0 aliphatic rings. The van der Waals surface area contributed by atoms with Gasteiger partial charge in [-0.3, -0.25) is 0 Å². The maximum absolute atomic E-state index is 13.8. The van der Waals surface area contributed by atoms with E-state index < -0.39 is 0 Å². The van der Waals surface area contributed by atoms with E-state index in [9.17, 15) is 8.78 Å². The largest absolute Gasteiger partial charge is 0.341 e. The highest BCUT2D eigenvalue weighted by atomic mass is 19.1. The van der Waals surface area contributed by atoms with Gasteiger partial charge in [0.25, 0.3) is 0 Å². The molecule has 100 valence electrons. The van der Waals surface area contributed by atoms with Crippen LogP contribution in [-0.2, 0) is 6.54 Å². The first kappa shape index (κ1) is 13.5. The van der Waals surface area contributed by atoms with Gasteiger partial charge in [-0.15, -0.1) is 0 Å². The monoisotopic (exact) mass is 262 g/mol. The summed E-state index contributed by atoms with van der Waals surface area (Å²) >= 11 is 0. The first-order chi connectivity index (χ1) is 9.17. The van der Waals surface area contributed by atoms with Crippen LogP contribution in [0.15, 0.2) is 42.5 Å². The summed E-state index contributed by atoms with van der Waals surface area (Å²) in [6.45, 7) is 2.72. The highest BCUT2D eigenvalue weighted by Crippen LogP contribution is 2.29. The third-order valence-corrected chi connectivity index (χ3v) is 3.04. The molecule has 2 rings (SSSR count). The molecule has 4 heteroatoms. The summed E-state index contributed by atoms with van der Waals surface area (Å²) in [5, 5.41) is 0. The molecule has 0 bridgehead atoms. The van der Waals surface area contributed by atoms with Crippen molar-refractivity contribution < 1.29 is 8.78 Å². The fourth-order valence-electron chi connectivity index (χ4n) is 2.12. The summed E-state index contributed by atoms with van der Waals surface area (Å²) in [5.74, 6) is -0.612. The maximum atomic E-state index is 13.8.